The van der Waals surface area contributed by atoms with Crippen LogP contribution in [0.25, 0.3) is 0 Å². The predicted octanol–water partition coefficient (Wildman–Crippen LogP) is 1.47. The normalized spacial score (nSPS) is 20.4. The maximum Gasteiger partial charge on any atom is 0.251 e. The minimum absolute atomic E-state index is 0.215. The number of oxime groups is 1. The van der Waals surface area contributed by atoms with Crippen molar-refractivity contribution < 1.29 is 9.94 Å². The number of hydrogen-bond acceptors (Lipinski definition) is 5. The molecule has 0 atom stereocenters. The molecule has 0 aromatic heterocycles. The van der Waals surface area contributed by atoms with Crippen LogP contribution in [-0.4, -0.2) is 29.0 Å². The van der Waals surface area contributed by atoms with Gasteiger partial charge in [-0.3, -0.25) is 4.99 Å². The fourth-order valence-corrected chi connectivity index (χ4v) is 1.35. The van der Waals surface area contributed by atoms with Crippen molar-refractivity contribution in [2.24, 2.45) is 10.1 Å². The van der Waals surface area contributed by atoms with E-state index >= 15 is 0 Å². The zero-order valence-corrected chi connectivity index (χ0v) is 7.54. The Labute approximate surface area is 75.0 Å². The molecule has 1 aliphatic rings. The molecule has 0 aromatic rings. The second-order valence-electron chi connectivity index (χ2n) is 2.05. The Morgan fingerprint density at radius 1 is 2.00 bits per heavy atom. The van der Waals surface area contributed by atoms with Gasteiger partial charge in [0.2, 0.25) is 0 Å². The molecular weight excluding hydrogens is 176 g/mol. The standard InChI is InChI=1S/C7H10N2O2S/c1-2-11-7(9-10)3-6-4-12-5-8-6/h3,5,10H,2,4H2,1H3. The molecule has 0 saturated carbocycles. The van der Waals surface area contributed by atoms with Crippen LogP contribution in [0, 0.1) is 0 Å². The second-order valence-corrected chi connectivity index (χ2v) is 2.89. The monoisotopic (exact) mass is 186 g/mol. The average molecular weight is 186 g/mol. The van der Waals surface area contributed by atoms with Crippen LogP contribution in [0.3, 0.4) is 0 Å². The van der Waals surface area contributed by atoms with E-state index in [9.17, 15) is 0 Å². The van der Waals surface area contributed by atoms with Crippen molar-refractivity contribution in [3.05, 3.63) is 11.8 Å². The first kappa shape index (κ1) is 9.12. The van der Waals surface area contributed by atoms with Gasteiger partial charge >= 0.3 is 0 Å². The zero-order chi connectivity index (χ0) is 8.81. The van der Waals surface area contributed by atoms with E-state index in [4.69, 9.17) is 9.94 Å². The zero-order valence-electron chi connectivity index (χ0n) is 6.73. The predicted molar refractivity (Wildman–Crippen MR) is 49.9 cm³/mol. The Morgan fingerprint density at radius 2 is 2.83 bits per heavy atom. The molecule has 0 aromatic carbocycles. The quantitative estimate of drug-likeness (QED) is 0.307. The third-order valence-corrected chi connectivity index (χ3v) is 1.92. The first-order valence-electron chi connectivity index (χ1n) is 3.56. The summed E-state index contributed by atoms with van der Waals surface area (Å²) in [6, 6.07) is 0. The Bertz CT molecular complexity index is 236. The molecule has 1 rings (SSSR count). The van der Waals surface area contributed by atoms with Crippen LogP contribution in [0.4, 0.5) is 0 Å². The molecule has 1 N–H and O–H groups in total. The van der Waals surface area contributed by atoms with Crippen LogP contribution in [0.5, 0.6) is 0 Å². The average Bonchev–Trinajstić information content (AvgIpc) is 2.56. The number of aliphatic imine (C=N–C) groups is 1. The maximum absolute atomic E-state index is 8.48. The van der Waals surface area contributed by atoms with Gasteiger partial charge in [0.25, 0.3) is 5.90 Å². The van der Waals surface area contributed by atoms with Gasteiger partial charge in [0.15, 0.2) is 0 Å². The molecule has 5 heteroatoms. The van der Waals surface area contributed by atoms with Gasteiger partial charge < -0.3 is 9.94 Å². The van der Waals surface area contributed by atoms with Crippen LogP contribution in [0.15, 0.2) is 21.9 Å². The molecular formula is C7H10N2O2S. The molecule has 0 aliphatic carbocycles. The van der Waals surface area contributed by atoms with Gasteiger partial charge in [0, 0.05) is 11.8 Å². The molecule has 4 nitrogen and oxygen atoms in total. The molecule has 0 bridgehead atoms. The van der Waals surface area contributed by atoms with Crippen LogP contribution in [0.2, 0.25) is 0 Å². The van der Waals surface area contributed by atoms with Crippen molar-refractivity contribution in [1.82, 2.24) is 0 Å². The second kappa shape index (κ2) is 4.82. The summed E-state index contributed by atoms with van der Waals surface area (Å²) in [6.45, 7) is 2.32. The van der Waals surface area contributed by atoms with Gasteiger partial charge in [-0.2, -0.15) is 0 Å². The van der Waals surface area contributed by atoms with Crippen LogP contribution >= 0.6 is 11.8 Å². The van der Waals surface area contributed by atoms with Crippen LogP contribution in [0.1, 0.15) is 6.92 Å². The first-order chi connectivity index (χ1) is 5.86. The first-order valence-corrected chi connectivity index (χ1v) is 4.61. The topological polar surface area (TPSA) is 54.2 Å². The molecule has 12 heavy (non-hydrogen) atoms. The molecule has 0 radical (unpaired) electrons. The van der Waals surface area contributed by atoms with Crippen molar-refractivity contribution in [2.75, 3.05) is 12.4 Å². The van der Waals surface area contributed by atoms with Crippen molar-refractivity contribution in [3.63, 3.8) is 0 Å². The highest BCUT2D eigenvalue weighted by atomic mass is 32.2. The smallest absolute Gasteiger partial charge is 0.251 e. The Kier molecular flexibility index (Phi) is 3.66. The highest BCUT2D eigenvalue weighted by molar-refractivity contribution is 8.12. The van der Waals surface area contributed by atoms with E-state index in [1.54, 1.807) is 23.4 Å². The number of thioether (sulfide) groups is 1. The summed E-state index contributed by atoms with van der Waals surface area (Å²) in [5.41, 5.74) is 2.62. The van der Waals surface area contributed by atoms with E-state index in [1.165, 1.54) is 0 Å². The Hall–Kier alpha value is -0.970. The molecule has 0 amide bonds. The van der Waals surface area contributed by atoms with Gasteiger partial charge in [0.05, 0.1) is 17.9 Å². The van der Waals surface area contributed by atoms with Gasteiger partial charge in [0.1, 0.15) is 0 Å². The summed E-state index contributed by atoms with van der Waals surface area (Å²) in [6.07, 6.45) is 1.62. The molecule has 1 heterocycles. The van der Waals surface area contributed by atoms with E-state index in [1.807, 2.05) is 6.92 Å². The maximum atomic E-state index is 8.48. The number of ether oxygens (including phenoxy) is 1. The highest BCUT2D eigenvalue weighted by Gasteiger charge is 2.04. The van der Waals surface area contributed by atoms with Crippen LogP contribution < -0.4 is 0 Å². The van der Waals surface area contributed by atoms with Gasteiger partial charge in [-0.25, -0.2) is 0 Å². The minimum Gasteiger partial charge on any atom is -0.476 e. The SMILES string of the molecule is CCOC(C=C1CSC=N1)=NO. The molecule has 0 fully saturated rings. The summed E-state index contributed by atoms with van der Waals surface area (Å²) < 4.78 is 4.99. The fraction of sp³-hybridized carbons (Fsp3) is 0.429. The van der Waals surface area contributed by atoms with Crippen molar-refractivity contribution >= 4 is 23.2 Å². The molecule has 0 saturated heterocycles. The van der Waals surface area contributed by atoms with E-state index < -0.39 is 0 Å². The van der Waals surface area contributed by atoms with Crippen LogP contribution in [-0.2, 0) is 4.74 Å². The molecule has 0 spiro atoms. The summed E-state index contributed by atoms with van der Waals surface area (Å²) >= 11 is 1.60. The lowest BCUT2D eigenvalue weighted by Crippen LogP contribution is -2.01. The lowest BCUT2D eigenvalue weighted by atomic mass is 10.4. The van der Waals surface area contributed by atoms with E-state index in [2.05, 4.69) is 10.1 Å². The largest absolute Gasteiger partial charge is 0.476 e. The highest BCUT2D eigenvalue weighted by Crippen LogP contribution is 2.14. The van der Waals surface area contributed by atoms with Gasteiger partial charge in [-0.05, 0) is 12.1 Å². The Balaban J connectivity index is 2.56. The van der Waals surface area contributed by atoms with Gasteiger partial charge in [-0.15, -0.1) is 11.8 Å². The summed E-state index contributed by atoms with van der Waals surface area (Å²) in [5.74, 6) is 1.03. The van der Waals surface area contributed by atoms with Crippen molar-refractivity contribution in [3.8, 4) is 0 Å². The summed E-state index contributed by atoms with van der Waals surface area (Å²) in [4.78, 5) is 4.03. The summed E-state index contributed by atoms with van der Waals surface area (Å²) in [7, 11) is 0. The third kappa shape index (κ3) is 2.58. The third-order valence-electron chi connectivity index (χ3n) is 1.21. The van der Waals surface area contributed by atoms with E-state index in [0.717, 1.165) is 11.4 Å². The van der Waals surface area contributed by atoms with E-state index in [0.29, 0.717) is 6.61 Å². The fourth-order valence-electron chi connectivity index (χ4n) is 0.734. The van der Waals surface area contributed by atoms with Gasteiger partial charge in [-0.1, -0.05) is 0 Å². The number of rotatable bonds is 2. The lowest BCUT2D eigenvalue weighted by Gasteiger charge is -1.99. The van der Waals surface area contributed by atoms with Crippen molar-refractivity contribution in [1.29, 1.82) is 0 Å². The van der Waals surface area contributed by atoms with Crippen molar-refractivity contribution in [2.45, 2.75) is 6.92 Å². The Morgan fingerprint density at radius 3 is 3.33 bits per heavy atom. The lowest BCUT2D eigenvalue weighted by molar-refractivity contribution is 0.267. The summed E-state index contributed by atoms with van der Waals surface area (Å²) in [5, 5.41) is 11.5. The molecule has 0 unspecified atom stereocenters. The van der Waals surface area contributed by atoms with E-state index in [-0.39, 0.29) is 5.90 Å². The molecule has 1 aliphatic heterocycles. The number of nitrogens with zero attached hydrogens (tertiary/aromatic N) is 2. The number of hydrogen-bond donors (Lipinski definition) is 1. The molecule has 66 valence electrons. The minimum atomic E-state index is 0.215.